The van der Waals surface area contributed by atoms with Crippen LogP contribution in [0.1, 0.15) is 25.3 Å². The standard InChI is InChI=1S/C23H31N3O3/c1-16(2)13-24-14-20-22(17-8-5-4-6-9-17)21(15-27)26(20)23(28)25-18-10-7-11-19(12-18)29-3/h4-12,16,20-22,24,27H,13-15H2,1-3H3,(H,25,28)/t20-,21-,22-/m0/s1. The van der Waals surface area contributed by atoms with E-state index in [2.05, 4.69) is 36.6 Å². The van der Waals surface area contributed by atoms with Crippen LogP contribution in [0.3, 0.4) is 0 Å². The van der Waals surface area contributed by atoms with Crippen LogP contribution in [-0.4, -0.2) is 54.9 Å². The van der Waals surface area contributed by atoms with E-state index in [1.54, 1.807) is 18.1 Å². The topological polar surface area (TPSA) is 73.8 Å². The number of anilines is 1. The third-order valence-electron chi connectivity index (χ3n) is 5.38. The summed E-state index contributed by atoms with van der Waals surface area (Å²) in [6, 6.07) is 16.9. The molecule has 2 aromatic carbocycles. The van der Waals surface area contributed by atoms with E-state index in [-0.39, 0.29) is 30.6 Å². The first-order valence-corrected chi connectivity index (χ1v) is 10.1. The number of amides is 2. The number of methoxy groups -OCH3 is 1. The fourth-order valence-electron chi connectivity index (χ4n) is 4.00. The van der Waals surface area contributed by atoms with Crippen molar-refractivity contribution in [2.24, 2.45) is 5.92 Å². The normalized spacial score (nSPS) is 21.0. The molecule has 1 fully saturated rings. The summed E-state index contributed by atoms with van der Waals surface area (Å²) in [7, 11) is 1.60. The number of hydrogen-bond donors (Lipinski definition) is 3. The van der Waals surface area contributed by atoms with Crippen molar-refractivity contribution in [3.05, 3.63) is 60.2 Å². The largest absolute Gasteiger partial charge is 0.497 e. The number of ether oxygens (including phenoxy) is 1. The number of urea groups is 1. The van der Waals surface area contributed by atoms with Crippen molar-refractivity contribution in [1.82, 2.24) is 10.2 Å². The number of benzene rings is 2. The number of nitrogens with zero attached hydrogens (tertiary/aromatic N) is 1. The molecule has 1 saturated heterocycles. The van der Waals surface area contributed by atoms with E-state index in [1.807, 2.05) is 36.4 Å². The first-order valence-electron chi connectivity index (χ1n) is 10.1. The number of likely N-dealkylation sites (tertiary alicyclic amines) is 1. The van der Waals surface area contributed by atoms with Gasteiger partial charge in [0, 0.05) is 24.2 Å². The lowest BCUT2D eigenvalue weighted by molar-refractivity contribution is -0.00252. The van der Waals surface area contributed by atoms with Crippen molar-refractivity contribution < 1.29 is 14.6 Å². The lowest BCUT2D eigenvalue weighted by atomic mass is 9.75. The molecule has 0 unspecified atom stereocenters. The van der Waals surface area contributed by atoms with Crippen molar-refractivity contribution in [3.8, 4) is 5.75 Å². The predicted molar refractivity (Wildman–Crippen MR) is 115 cm³/mol. The molecule has 6 heteroatoms. The first kappa shape index (κ1) is 21.1. The number of carbonyl (C=O) groups is 1. The Kier molecular flexibility index (Phi) is 7.12. The van der Waals surface area contributed by atoms with Gasteiger partial charge in [-0.3, -0.25) is 0 Å². The molecule has 0 aromatic heterocycles. The van der Waals surface area contributed by atoms with Crippen LogP contribution in [0.25, 0.3) is 0 Å². The lowest BCUT2D eigenvalue weighted by Crippen LogP contribution is -2.69. The van der Waals surface area contributed by atoms with Gasteiger partial charge in [0.1, 0.15) is 5.75 Å². The van der Waals surface area contributed by atoms with Gasteiger partial charge in [0.15, 0.2) is 0 Å². The molecule has 2 amide bonds. The molecule has 0 saturated carbocycles. The van der Waals surface area contributed by atoms with Crippen molar-refractivity contribution in [2.45, 2.75) is 31.8 Å². The van der Waals surface area contributed by atoms with Gasteiger partial charge in [0.2, 0.25) is 0 Å². The minimum atomic E-state index is -0.256. The summed E-state index contributed by atoms with van der Waals surface area (Å²) in [5.41, 5.74) is 1.82. The van der Waals surface area contributed by atoms with Crippen LogP contribution in [0, 0.1) is 5.92 Å². The molecule has 3 N–H and O–H groups in total. The van der Waals surface area contributed by atoms with Crippen LogP contribution in [0.2, 0.25) is 0 Å². The lowest BCUT2D eigenvalue weighted by Gasteiger charge is -2.54. The fourth-order valence-corrected chi connectivity index (χ4v) is 4.00. The maximum Gasteiger partial charge on any atom is 0.322 e. The Morgan fingerprint density at radius 2 is 1.90 bits per heavy atom. The van der Waals surface area contributed by atoms with E-state index < -0.39 is 0 Å². The highest BCUT2D eigenvalue weighted by molar-refractivity contribution is 5.91. The number of nitrogens with one attached hydrogen (secondary N) is 2. The molecule has 3 rings (SSSR count). The third kappa shape index (κ3) is 4.89. The Bertz CT molecular complexity index is 797. The van der Waals surface area contributed by atoms with E-state index in [4.69, 9.17) is 4.74 Å². The number of rotatable bonds is 8. The number of aliphatic hydroxyl groups excluding tert-OH is 1. The zero-order valence-electron chi connectivity index (χ0n) is 17.3. The van der Waals surface area contributed by atoms with Crippen LogP contribution in [0.15, 0.2) is 54.6 Å². The van der Waals surface area contributed by atoms with Crippen LogP contribution in [0.4, 0.5) is 10.5 Å². The number of aliphatic hydroxyl groups is 1. The Balaban J connectivity index is 1.78. The van der Waals surface area contributed by atoms with Gasteiger partial charge in [-0.2, -0.15) is 0 Å². The summed E-state index contributed by atoms with van der Waals surface area (Å²) in [4.78, 5) is 14.9. The second kappa shape index (κ2) is 9.76. The first-order chi connectivity index (χ1) is 14.0. The number of carbonyl (C=O) groups excluding carboxylic acids is 1. The molecule has 1 aliphatic heterocycles. The van der Waals surface area contributed by atoms with E-state index in [0.717, 1.165) is 12.1 Å². The van der Waals surface area contributed by atoms with Gasteiger partial charge in [0.25, 0.3) is 0 Å². The molecule has 2 aromatic rings. The third-order valence-corrected chi connectivity index (χ3v) is 5.38. The highest BCUT2D eigenvalue weighted by Gasteiger charge is 2.50. The Morgan fingerprint density at radius 1 is 1.14 bits per heavy atom. The summed E-state index contributed by atoms with van der Waals surface area (Å²) >= 11 is 0. The summed E-state index contributed by atoms with van der Waals surface area (Å²) in [6.45, 7) is 5.80. The zero-order chi connectivity index (χ0) is 20.8. The second-order valence-electron chi connectivity index (χ2n) is 7.88. The molecule has 3 atom stereocenters. The van der Waals surface area contributed by atoms with Crippen LogP contribution >= 0.6 is 0 Å². The van der Waals surface area contributed by atoms with Gasteiger partial charge in [-0.1, -0.05) is 50.2 Å². The average Bonchev–Trinajstić information content (AvgIpc) is 2.70. The SMILES string of the molecule is COc1cccc(NC(=O)N2[C@@H](CO)[C@@H](c3ccccc3)[C@@H]2CNCC(C)C)c1. The van der Waals surface area contributed by atoms with E-state index in [9.17, 15) is 9.90 Å². The molecule has 0 spiro atoms. The fraction of sp³-hybridized carbons (Fsp3) is 0.435. The smallest absolute Gasteiger partial charge is 0.322 e. The highest BCUT2D eigenvalue weighted by Crippen LogP contribution is 2.40. The molecule has 0 aliphatic carbocycles. The summed E-state index contributed by atoms with van der Waals surface area (Å²) in [5, 5.41) is 16.5. The van der Waals surface area contributed by atoms with Gasteiger partial charge in [0.05, 0.1) is 25.8 Å². The number of hydrogen-bond acceptors (Lipinski definition) is 4. The maximum absolute atomic E-state index is 13.1. The van der Waals surface area contributed by atoms with Gasteiger partial charge < -0.3 is 25.4 Å². The summed E-state index contributed by atoms with van der Waals surface area (Å²) in [6.07, 6.45) is 0. The molecular formula is C23H31N3O3. The zero-order valence-corrected chi connectivity index (χ0v) is 17.3. The average molecular weight is 398 g/mol. The van der Waals surface area contributed by atoms with Crippen molar-refractivity contribution >= 4 is 11.7 Å². The van der Waals surface area contributed by atoms with Crippen LogP contribution < -0.4 is 15.4 Å². The molecule has 29 heavy (non-hydrogen) atoms. The van der Waals surface area contributed by atoms with Crippen LogP contribution in [0.5, 0.6) is 5.75 Å². The quantitative estimate of drug-likeness (QED) is 0.639. The van der Waals surface area contributed by atoms with Crippen molar-refractivity contribution in [2.75, 3.05) is 32.1 Å². The van der Waals surface area contributed by atoms with E-state index >= 15 is 0 Å². The molecule has 0 bridgehead atoms. The Hall–Kier alpha value is -2.57. The minimum Gasteiger partial charge on any atom is -0.497 e. The van der Waals surface area contributed by atoms with Gasteiger partial charge in [-0.15, -0.1) is 0 Å². The van der Waals surface area contributed by atoms with Gasteiger partial charge in [-0.25, -0.2) is 4.79 Å². The minimum absolute atomic E-state index is 0.0288. The Morgan fingerprint density at radius 3 is 2.55 bits per heavy atom. The van der Waals surface area contributed by atoms with Crippen molar-refractivity contribution in [1.29, 1.82) is 0 Å². The molecule has 156 valence electrons. The van der Waals surface area contributed by atoms with Gasteiger partial charge >= 0.3 is 6.03 Å². The monoisotopic (exact) mass is 397 g/mol. The summed E-state index contributed by atoms with van der Waals surface area (Å²) in [5.74, 6) is 1.30. The van der Waals surface area contributed by atoms with Crippen LogP contribution in [-0.2, 0) is 0 Å². The molecule has 1 aliphatic rings. The van der Waals surface area contributed by atoms with Gasteiger partial charge in [-0.05, 0) is 30.2 Å². The maximum atomic E-state index is 13.1. The molecule has 0 radical (unpaired) electrons. The molecular weight excluding hydrogens is 366 g/mol. The Labute approximate surface area is 172 Å². The molecule has 1 heterocycles. The van der Waals surface area contributed by atoms with E-state index in [0.29, 0.717) is 23.9 Å². The second-order valence-corrected chi connectivity index (χ2v) is 7.88. The van der Waals surface area contributed by atoms with E-state index in [1.165, 1.54) is 0 Å². The molecule has 6 nitrogen and oxygen atoms in total. The predicted octanol–water partition coefficient (Wildman–Crippen LogP) is 3.30. The highest BCUT2D eigenvalue weighted by atomic mass is 16.5. The van der Waals surface area contributed by atoms with Crippen molar-refractivity contribution in [3.63, 3.8) is 0 Å². The summed E-state index contributed by atoms with van der Waals surface area (Å²) < 4.78 is 5.24.